The monoisotopic (exact) mass is 330 g/mol. The highest BCUT2D eigenvalue weighted by atomic mass is 16.5. The van der Waals surface area contributed by atoms with Crippen molar-refractivity contribution in [3.63, 3.8) is 0 Å². The van der Waals surface area contributed by atoms with Crippen molar-refractivity contribution in [2.24, 2.45) is 0 Å². The summed E-state index contributed by atoms with van der Waals surface area (Å²) in [4.78, 5) is 22.9. The summed E-state index contributed by atoms with van der Waals surface area (Å²) in [5.74, 6) is 1.51. The van der Waals surface area contributed by atoms with Gasteiger partial charge in [0.2, 0.25) is 11.8 Å². The molecule has 0 aliphatic rings. The van der Waals surface area contributed by atoms with E-state index in [9.17, 15) is 4.79 Å². The van der Waals surface area contributed by atoms with Crippen LogP contribution >= 0.6 is 0 Å². The Morgan fingerprint density at radius 3 is 2.83 bits per heavy atom. The fourth-order valence-electron chi connectivity index (χ4n) is 2.72. The Labute approximate surface area is 143 Å². The molecule has 130 valence electrons. The van der Waals surface area contributed by atoms with Crippen LogP contribution in [0.25, 0.3) is 0 Å². The van der Waals surface area contributed by atoms with Crippen LogP contribution < -0.4 is 0 Å². The summed E-state index contributed by atoms with van der Waals surface area (Å²) in [6.45, 7) is 6.79. The van der Waals surface area contributed by atoms with Gasteiger partial charge in [-0.3, -0.25) is 9.78 Å². The molecule has 0 spiro atoms. The Morgan fingerprint density at radius 1 is 1.33 bits per heavy atom. The van der Waals surface area contributed by atoms with Gasteiger partial charge >= 0.3 is 0 Å². The fraction of sp³-hybridized carbons (Fsp3) is 0.556. The molecule has 0 N–H and O–H groups in total. The lowest BCUT2D eigenvalue weighted by Crippen LogP contribution is -2.33. The predicted octanol–water partition coefficient (Wildman–Crippen LogP) is 3.35. The Kier molecular flexibility index (Phi) is 6.90. The number of aromatic nitrogens is 3. The number of hydrogen-bond acceptors (Lipinski definition) is 5. The van der Waals surface area contributed by atoms with E-state index in [0.29, 0.717) is 31.7 Å². The van der Waals surface area contributed by atoms with Crippen LogP contribution in [-0.2, 0) is 17.6 Å². The summed E-state index contributed by atoms with van der Waals surface area (Å²) in [6, 6.07) is 3.92. The van der Waals surface area contributed by atoms with Crippen LogP contribution in [-0.4, -0.2) is 32.5 Å². The topological polar surface area (TPSA) is 72.1 Å². The van der Waals surface area contributed by atoms with E-state index in [0.717, 1.165) is 24.2 Å². The van der Waals surface area contributed by atoms with Crippen molar-refractivity contribution in [2.75, 3.05) is 6.54 Å². The van der Waals surface area contributed by atoms with E-state index >= 15 is 0 Å². The van der Waals surface area contributed by atoms with E-state index in [1.807, 2.05) is 37.1 Å². The summed E-state index contributed by atoms with van der Waals surface area (Å²) in [5, 5.41) is 3.93. The Bertz CT molecular complexity index is 627. The molecule has 2 aromatic rings. The Balaban J connectivity index is 1.85. The summed E-state index contributed by atoms with van der Waals surface area (Å²) in [7, 11) is 0. The van der Waals surface area contributed by atoms with Crippen LogP contribution in [0, 0.1) is 0 Å². The number of nitrogens with zero attached hydrogens (tertiary/aromatic N) is 4. The Morgan fingerprint density at radius 2 is 2.17 bits per heavy atom. The van der Waals surface area contributed by atoms with Gasteiger partial charge in [-0.1, -0.05) is 18.1 Å². The van der Waals surface area contributed by atoms with Gasteiger partial charge in [-0.25, -0.2) is 0 Å². The number of aryl methyl sites for hydroxylation is 2. The highest BCUT2D eigenvalue weighted by Gasteiger charge is 2.20. The van der Waals surface area contributed by atoms with E-state index < -0.39 is 0 Å². The van der Waals surface area contributed by atoms with Gasteiger partial charge in [0.15, 0.2) is 5.82 Å². The second kappa shape index (κ2) is 9.15. The third-order valence-corrected chi connectivity index (χ3v) is 4.06. The van der Waals surface area contributed by atoms with E-state index in [1.165, 1.54) is 0 Å². The molecule has 2 heterocycles. The average Bonchev–Trinajstić information content (AvgIpc) is 3.04. The molecular formula is C18H26N4O2. The molecule has 24 heavy (non-hydrogen) atoms. The van der Waals surface area contributed by atoms with Crippen molar-refractivity contribution in [2.45, 2.75) is 58.9 Å². The summed E-state index contributed by atoms with van der Waals surface area (Å²) >= 11 is 0. The van der Waals surface area contributed by atoms with Gasteiger partial charge in [0, 0.05) is 38.2 Å². The molecule has 1 atom stereocenters. The standard InChI is InChI=1S/C18H26N4O2/c1-4-8-16-20-17(24-21-16)10-6-11-18(23)22(5-2)14(3)15-9-7-12-19-13-15/h7,9,12-14H,4-6,8,10-11H2,1-3H3/t14-/m0/s1. The minimum absolute atomic E-state index is 0.0239. The highest BCUT2D eigenvalue weighted by Crippen LogP contribution is 2.20. The van der Waals surface area contributed by atoms with Gasteiger partial charge in [-0.05, 0) is 38.3 Å². The first-order chi connectivity index (χ1) is 11.7. The molecule has 0 unspecified atom stereocenters. The van der Waals surface area contributed by atoms with Crippen molar-refractivity contribution in [1.82, 2.24) is 20.0 Å². The average molecular weight is 330 g/mol. The first-order valence-corrected chi connectivity index (χ1v) is 8.66. The van der Waals surface area contributed by atoms with Crippen LogP contribution in [0.1, 0.15) is 63.4 Å². The lowest BCUT2D eigenvalue weighted by molar-refractivity contribution is -0.133. The first-order valence-electron chi connectivity index (χ1n) is 8.66. The Hall–Kier alpha value is -2.24. The molecule has 0 aliphatic heterocycles. The van der Waals surface area contributed by atoms with E-state index in [1.54, 1.807) is 6.20 Å². The van der Waals surface area contributed by atoms with Gasteiger partial charge < -0.3 is 9.42 Å². The van der Waals surface area contributed by atoms with Crippen molar-refractivity contribution < 1.29 is 9.32 Å². The van der Waals surface area contributed by atoms with Gasteiger partial charge in [0.25, 0.3) is 0 Å². The van der Waals surface area contributed by atoms with Gasteiger partial charge in [0.05, 0.1) is 6.04 Å². The zero-order valence-corrected chi connectivity index (χ0v) is 14.7. The number of carbonyl (C=O) groups excluding carboxylic acids is 1. The maximum absolute atomic E-state index is 12.5. The minimum atomic E-state index is 0.0239. The lowest BCUT2D eigenvalue weighted by atomic mass is 10.1. The second-order valence-electron chi connectivity index (χ2n) is 5.85. The quantitative estimate of drug-likeness (QED) is 0.705. The van der Waals surface area contributed by atoms with E-state index in [2.05, 4.69) is 22.0 Å². The largest absolute Gasteiger partial charge is 0.339 e. The summed E-state index contributed by atoms with van der Waals surface area (Å²) < 4.78 is 5.21. The van der Waals surface area contributed by atoms with Crippen molar-refractivity contribution >= 4 is 5.91 Å². The molecule has 0 radical (unpaired) electrons. The molecule has 2 rings (SSSR count). The third kappa shape index (κ3) is 4.88. The minimum Gasteiger partial charge on any atom is -0.339 e. The van der Waals surface area contributed by atoms with Crippen LogP contribution in [0.4, 0.5) is 0 Å². The highest BCUT2D eigenvalue weighted by molar-refractivity contribution is 5.76. The van der Waals surface area contributed by atoms with E-state index in [4.69, 9.17) is 4.52 Å². The smallest absolute Gasteiger partial charge is 0.226 e. The van der Waals surface area contributed by atoms with Crippen LogP contribution in [0.5, 0.6) is 0 Å². The molecule has 1 amide bonds. The summed E-state index contributed by atoms with van der Waals surface area (Å²) in [6.07, 6.45) is 7.21. The van der Waals surface area contributed by atoms with Gasteiger partial charge in [0.1, 0.15) is 0 Å². The molecule has 6 nitrogen and oxygen atoms in total. The van der Waals surface area contributed by atoms with Gasteiger partial charge in [-0.15, -0.1) is 0 Å². The molecule has 0 bridgehead atoms. The van der Waals surface area contributed by atoms with Crippen molar-refractivity contribution in [1.29, 1.82) is 0 Å². The van der Waals surface area contributed by atoms with Crippen LogP contribution in [0.3, 0.4) is 0 Å². The van der Waals surface area contributed by atoms with Gasteiger partial charge in [-0.2, -0.15) is 4.98 Å². The SMILES string of the molecule is CCCc1noc(CCCC(=O)N(CC)[C@@H](C)c2cccnc2)n1. The predicted molar refractivity (Wildman–Crippen MR) is 91.3 cm³/mol. The number of carbonyl (C=O) groups is 1. The fourth-order valence-corrected chi connectivity index (χ4v) is 2.72. The third-order valence-electron chi connectivity index (χ3n) is 4.06. The first kappa shape index (κ1) is 18.1. The zero-order chi connectivity index (χ0) is 17.4. The van der Waals surface area contributed by atoms with Crippen LogP contribution in [0.15, 0.2) is 29.0 Å². The molecule has 6 heteroatoms. The summed E-state index contributed by atoms with van der Waals surface area (Å²) in [5.41, 5.74) is 1.05. The number of amides is 1. The van der Waals surface area contributed by atoms with Crippen LogP contribution in [0.2, 0.25) is 0 Å². The number of hydrogen-bond donors (Lipinski definition) is 0. The van der Waals surface area contributed by atoms with Crippen molar-refractivity contribution in [3.05, 3.63) is 41.8 Å². The molecule has 0 saturated carbocycles. The number of rotatable bonds is 9. The maximum Gasteiger partial charge on any atom is 0.226 e. The normalized spacial score (nSPS) is 12.1. The zero-order valence-electron chi connectivity index (χ0n) is 14.7. The lowest BCUT2D eigenvalue weighted by Gasteiger charge is -2.28. The molecular weight excluding hydrogens is 304 g/mol. The molecule has 0 aromatic carbocycles. The van der Waals surface area contributed by atoms with Crippen molar-refractivity contribution in [3.8, 4) is 0 Å². The molecule has 0 fully saturated rings. The van der Waals surface area contributed by atoms with E-state index in [-0.39, 0.29) is 11.9 Å². The molecule has 2 aromatic heterocycles. The molecule has 0 saturated heterocycles. The second-order valence-corrected chi connectivity index (χ2v) is 5.85. The maximum atomic E-state index is 12.5. The molecule has 0 aliphatic carbocycles. The number of pyridine rings is 1.